The van der Waals surface area contributed by atoms with Crippen LogP contribution < -0.4 is 47.0 Å². The molecule has 26 nitrogen and oxygen atoms in total. The number of anilines is 6. The number of carbonyl (C=O) groups is 4. The van der Waals surface area contributed by atoms with Gasteiger partial charge in [0, 0.05) is 102 Å². The van der Waals surface area contributed by atoms with E-state index in [4.69, 9.17) is 59.3 Å². The van der Waals surface area contributed by atoms with Gasteiger partial charge in [0.25, 0.3) is 0 Å². The second-order valence-electron chi connectivity index (χ2n) is 29.2. The second kappa shape index (κ2) is 31.3. The molecule has 6 aromatic rings. The third-order valence-electron chi connectivity index (χ3n) is 19.1. The highest BCUT2D eigenvalue weighted by Crippen LogP contribution is 2.36. The van der Waals surface area contributed by atoms with E-state index in [1.54, 1.807) is 9.80 Å². The average Bonchev–Trinajstić information content (AvgIpc) is 0.784. The van der Waals surface area contributed by atoms with E-state index in [0.717, 1.165) is 152 Å². The SMILES string of the molecule is C[C@H]1COCCN1c1nc(-c2ccc(N)cc2)nc2c1CCN(C(=O)OC(C)(C)C)C2.C[C@H]1COCCN1c1nc(-c2ccc(NC(=O)NC3CCC3)cc2)nc2c1CCN(C(=O)OC(C)(C)C)C2.C[C@H]1COCCN1c1nc(-c2ccc(NC(=O)NC3CCC3)cc2)nc2c1CCNC2. The smallest absolute Gasteiger partial charge is 0.410 e. The lowest BCUT2D eigenvalue weighted by molar-refractivity contribution is 0.0210. The zero-order valence-electron chi connectivity index (χ0n) is 59.5. The number of hydrogen-bond acceptors (Lipinski definition) is 20. The van der Waals surface area contributed by atoms with Crippen molar-refractivity contribution in [3.8, 4) is 34.2 Å². The van der Waals surface area contributed by atoms with Gasteiger partial charge < -0.3 is 80.5 Å². The number of morpholine rings is 3. The van der Waals surface area contributed by atoms with Crippen molar-refractivity contribution in [1.29, 1.82) is 0 Å². The Morgan fingerprint density at radius 1 is 0.490 bits per heavy atom. The van der Waals surface area contributed by atoms with Crippen molar-refractivity contribution in [2.24, 2.45) is 0 Å². The summed E-state index contributed by atoms with van der Waals surface area (Å²) in [4.78, 5) is 89.9. The standard InChI is InChI=1S/C28H38N6O4.C23H30N6O2.C23H31N5O3/c1-18-17-37-15-14-34(18)25-22-12-13-33(27(36)38-28(2,3)4)16-23(22)31-24(32-25)19-8-10-21(11-9-19)30-26(35)29-20-6-5-7-20;1-15-14-31-12-11-29(15)22-19-9-10-24-13-20(19)27-21(28-22)16-5-7-18(8-6-16)26-23(30)25-17-3-2-4-17;1-15-14-30-12-11-28(15)21-18-9-10-27(22(29)31-23(2,3)4)13-19(18)25-20(26-21)16-5-7-17(24)8-6-16/h8-11,18,20H,5-7,12-17H2,1-4H3,(H2,29,30,35);5-8,15,17,24H,2-4,9-14H2,1H3,(H2,25,26,30);5-8,15H,9-14,24H2,1-4H3/t18-;2*15-/m000/s1. The lowest BCUT2D eigenvalue weighted by Crippen LogP contribution is -2.46. The van der Waals surface area contributed by atoms with Crippen LogP contribution in [0, 0.1) is 0 Å². The Bertz CT molecular complexity index is 3860. The molecular weight excluding hydrogens is 1270 g/mol. The number of nitrogens with zero attached hydrogens (tertiary/aromatic N) is 11. The lowest BCUT2D eigenvalue weighted by atomic mass is 9.93. The van der Waals surface area contributed by atoms with Crippen LogP contribution in [0.4, 0.5) is 53.7 Å². The molecule has 3 atom stereocenters. The number of nitrogens with one attached hydrogen (secondary N) is 5. The van der Waals surface area contributed by atoms with Crippen molar-refractivity contribution in [1.82, 2.24) is 55.7 Å². The Hall–Kier alpha value is -8.98. The van der Waals surface area contributed by atoms with Crippen LogP contribution in [-0.2, 0) is 62.6 Å². The van der Waals surface area contributed by atoms with E-state index in [9.17, 15) is 19.2 Å². The maximum absolute atomic E-state index is 12.8. The monoisotopic (exact) mass is 1370 g/mol. The van der Waals surface area contributed by atoms with Crippen molar-refractivity contribution in [3.63, 3.8) is 0 Å². The van der Waals surface area contributed by atoms with Crippen molar-refractivity contribution >= 4 is 58.8 Å². The lowest BCUT2D eigenvalue weighted by Gasteiger charge is -2.38. The molecule has 5 fully saturated rings. The first kappa shape index (κ1) is 70.9. The summed E-state index contributed by atoms with van der Waals surface area (Å²) >= 11 is 0. The summed E-state index contributed by atoms with van der Waals surface area (Å²) in [6.45, 7) is 27.8. The fourth-order valence-electron chi connectivity index (χ4n) is 13.2. The normalized spacial score (nSPS) is 20.1. The Morgan fingerprint density at radius 2 is 0.850 bits per heavy atom. The van der Waals surface area contributed by atoms with Gasteiger partial charge in [-0.15, -0.1) is 0 Å². The maximum Gasteiger partial charge on any atom is 0.410 e. The quantitative estimate of drug-likeness (QED) is 0.0695. The van der Waals surface area contributed by atoms with Gasteiger partial charge in [-0.05, 0) is 199 Å². The van der Waals surface area contributed by atoms with Crippen molar-refractivity contribution in [3.05, 3.63) is 107 Å². The predicted octanol–water partition coefficient (Wildman–Crippen LogP) is 10.3. The zero-order valence-corrected chi connectivity index (χ0v) is 59.5. The summed E-state index contributed by atoms with van der Waals surface area (Å²) in [7, 11) is 0. The molecule has 3 saturated heterocycles. The van der Waals surface area contributed by atoms with Gasteiger partial charge in [-0.1, -0.05) is 0 Å². The van der Waals surface area contributed by atoms with Crippen LogP contribution in [0.15, 0.2) is 72.8 Å². The minimum absolute atomic E-state index is 0.142. The number of hydrogen-bond donors (Lipinski definition) is 6. The minimum atomic E-state index is -0.562. The number of amides is 6. The van der Waals surface area contributed by atoms with Gasteiger partial charge in [-0.25, -0.2) is 49.1 Å². The molecule has 100 heavy (non-hydrogen) atoms. The maximum atomic E-state index is 12.8. The topological polar surface area (TPSA) is 294 Å². The number of ether oxygens (including phenoxy) is 5. The minimum Gasteiger partial charge on any atom is -0.444 e. The number of carbonyl (C=O) groups excluding carboxylic acids is 4. The van der Waals surface area contributed by atoms with Crippen LogP contribution >= 0.6 is 0 Å². The molecule has 0 unspecified atom stereocenters. The van der Waals surface area contributed by atoms with Crippen molar-refractivity contribution in [2.75, 3.05) is 110 Å². The molecule has 2 aliphatic carbocycles. The number of rotatable bonds is 10. The summed E-state index contributed by atoms with van der Waals surface area (Å²) in [6, 6.07) is 23.9. The number of fused-ring (bicyclic) bond motifs is 3. The van der Waals surface area contributed by atoms with E-state index < -0.39 is 11.2 Å². The van der Waals surface area contributed by atoms with E-state index in [-0.39, 0.29) is 48.4 Å². The average molecular weight is 1370 g/mol. The fourth-order valence-corrected chi connectivity index (χ4v) is 13.2. The first-order valence-corrected chi connectivity index (χ1v) is 35.7. The van der Waals surface area contributed by atoms with Gasteiger partial charge in [0.1, 0.15) is 28.7 Å². The summed E-state index contributed by atoms with van der Waals surface area (Å²) in [5.74, 6) is 4.84. The molecule has 26 heteroatoms. The predicted molar refractivity (Wildman–Crippen MR) is 385 cm³/mol. The van der Waals surface area contributed by atoms with Crippen LogP contribution in [0.1, 0.15) is 135 Å². The molecule has 9 heterocycles. The van der Waals surface area contributed by atoms with E-state index in [0.29, 0.717) is 94.5 Å². The highest BCUT2D eigenvalue weighted by molar-refractivity contribution is 5.90. The highest BCUT2D eigenvalue weighted by atomic mass is 16.6. The molecule has 6 amide bonds. The molecule has 0 bridgehead atoms. The summed E-state index contributed by atoms with van der Waals surface area (Å²) < 4.78 is 28.2. The van der Waals surface area contributed by atoms with Crippen molar-refractivity contribution < 1.29 is 42.9 Å². The molecule has 14 rings (SSSR count). The van der Waals surface area contributed by atoms with Gasteiger partial charge in [0.05, 0.1) is 87.9 Å². The third kappa shape index (κ3) is 17.8. The molecule has 3 aromatic carbocycles. The molecule has 8 aliphatic rings. The Balaban J connectivity index is 0.000000143. The second-order valence-corrected chi connectivity index (χ2v) is 29.2. The molecule has 0 radical (unpaired) electrons. The van der Waals surface area contributed by atoms with E-state index in [1.807, 2.05) is 114 Å². The van der Waals surface area contributed by atoms with E-state index >= 15 is 0 Å². The third-order valence-corrected chi connectivity index (χ3v) is 19.1. The summed E-state index contributed by atoms with van der Waals surface area (Å²) in [5.41, 5.74) is 15.8. The molecule has 7 N–H and O–H groups in total. The number of aromatic nitrogens is 6. The first-order valence-electron chi connectivity index (χ1n) is 35.7. The number of nitrogens with two attached hydrogens (primary N) is 1. The van der Waals surface area contributed by atoms with Crippen LogP contribution in [0.3, 0.4) is 0 Å². The van der Waals surface area contributed by atoms with Gasteiger partial charge >= 0.3 is 24.2 Å². The van der Waals surface area contributed by atoms with Crippen LogP contribution in [0.5, 0.6) is 0 Å². The summed E-state index contributed by atoms with van der Waals surface area (Å²) in [5, 5.41) is 15.2. The van der Waals surface area contributed by atoms with Gasteiger partial charge in [-0.3, -0.25) is 0 Å². The molecule has 6 aliphatic heterocycles. The molecular formula is C74H99N17O9. The fraction of sp³-hybridized carbons (Fsp3) is 0.541. The van der Waals surface area contributed by atoms with E-state index in [2.05, 4.69) is 62.1 Å². The van der Waals surface area contributed by atoms with Gasteiger partial charge in [0.15, 0.2) is 17.5 Å². The van der Waals surface area contributed by atoms with Crippen LogP contribution in [0.2, 0.25) is 0 Å². The zero-order chi connectivity index (χ0) is 70.2. The molecule has 534 valence electrons. The van der Waals surface area contributed by atoms with Gasteiger partial charge in [-0.2, -0.15) is 0 Å². The Kier molecular flexibility index (Phi) is 22.2. The number of nitrogen functional groups attached to an aromatic ring is 1. The first-order chi connectivity index (χ1) is 48.0. The van der Waals surface area contributed by atoms with Crippen LogP contribution in [-0.4, -0.2) is 184 Å². The van der Waals surface area contributed by atoms with Crippen LogP contribution in [0.25, 0.3) is 34.2 Å². The van der Waals surface area contributed by atoms with Crippen molar-refractivity contribution in [2.45, 2.75) is 181 Å². The largest absolute Gasteiger partial charge is 0.444 e. The molecule has 3 aromatic heterocycles. The summed E-state index contributed by atoms with van der Waals surface area (Å²) in [6.07, 6.45) is 8.23. The Morgan fingerprint density at radius 3 is 1.20 bits per heavy atom. The van der Waals surface area contributed by atoms with Gasteiger partial charge in [0.2, 0.25) is 0 Å². The Labute approximate surface area is 586 Å². The molecule has 2 saturated carbocycles. The number of benzene rings is 3. The number of urea groups is 2. The van der Waals surface area contributed by atoms with E-state index in [1.165, 1.54) is 18.4 Å². The molecule has 0 spiro atoms. The highest BCUT2D eigenvalue weighted by Gasteiger charge is 2.36.